The van der Waals surface area contributed by atoms with Crippen molar-refractivity contribution >= 4 is 23.0 Å². The van der Waals surface area contributed by atoms with Crippen LogP contribution in [-0.4, -0.2) is 31.1 Å². The number of hydrogen-bond donors (Lipinski definition) is 2. The zero-order valence-corrected chi connectivity index (χ0v) is 16.8. The van der Waals surface area contributed by atoms with Crippen molar-refractivity contribution in [2.45, 2.75) is 46.2 Å². The van der Waals surface area contributed by atoms with Gasteiger partial charge < -0.3 is 15.5 Å². The molecule has 1 aliphatic rings. The smallest absolute Gasteiger partial charge is 0.191 e. The predicted molar refractivity (Wildman–Crippen MR) is 111 cm³/mol. The van der Waals surface area contributed by atoms with Crippen molar-refractivity contribution in [2.75, 3.05) is 25.0 Å². The van der Waals surface area contributed by atoms with E-state index in [2.05, 4.69) is 59.6 Å². The molecule has 140 valence electrons. The first-order chi connectivity index (χ1) is 12.7. The van der Waals surface area contributed by atoms with Gasteiger partial charge in [0.05, 0.1) is 13.1 Å². The molecule has 2 aromatic rings. The number of fused-ring (bicyclic) bond motifs is 1. The molecule has 0 unspecified atom stereocenters. The Morgan fingerprint density at radius 3 is 2.96 bits per heavy atom. The third-order valence-electron chi connectivity index (χ3n) is 4.62. The molecule has 0 saturated carbocycles. The Kier molecular flexibility index (Phi) is 6.50. The molecule has 0 fully saturated rings. The maximum Gasteiger partial charge on any atom is 0.191 e. The van der Waals surface area contributed by atoms with Crippen molar-refractivity contribution in [2.24, 2.45) is 4.99 Å². The minimum Gasteiger partial charge on any atom is -0.374 e. The number of thiazole rings is 1. The minimum absolute atomic E-state index is 0.685. The first kappa shape index (κ1) is 18.7. The second-order valence-electron chi connectivity index (χ2n) is 6.61. The molecule has 26 heavy (non-hydrogen) atoms. The van der Waals surface area contributed by atoms with Crippen LogP contribution >= 0.6 is 11.3 Å². The Morgan fingerprint density at radius 1 is 1.31 bits per heavy atom. The van der Waals surface area contributed by atoms with E-state index in [1.165, 1.54) is 34.5 Å². The highest BCUT2D eigenvalue weighted by molar-refractivity contribution is 7.11. The number of aromatic nitrogens is 1. The molecule has 0 saturated heterocycles. The van der Waals surface area contributed by atoms with Gasteiger partial charge in [0.2, 0.25) is 0 Å². The van der Waals surface area contributed by atoms with E-state index >= 15 is 0 Å². The SMILES string of the molecule is CCNC(=NCc1ccc2c(c1)CCCN2C)NCc1ncc(CC)s1. The summed E-state index contributed by atoms with van der Waals surface area (Å²) >= 11 is 1.76. The van der Waals surface area contributed by atoms with Gasteiger partial charge in [-0.05, 0) is 43.4 Å². The number of benzene rings is 1. The summed E-state index contributed by atoms with van der Waals surface area (Å²) in [4.78, 5) is 12.9. The van der Waals surface area contributed by atoms with Gasteiger partial charge in [0.1, 0.15) is 5.01 Å². The molecule has 0 atom stereocenters. The molecule has 0 bridgehead atoms. The summed E-state index contributed by atoms with van der Waals surface area (Å²) < 4.78 is 0. The second-order valence-corrected chi connectivity index (χ2v) is 7.81. The van der Waals surface area contributed by atoms with E-state index in [1.54, 1.807) is 11.3 Å². The van der Waals surface area contributed by atoms with Gasteiger partial charge in [0.25, 0.3) is 0 Å². The molecule has 1 aromatic heterocycles. The maximum atomic E-state index is 4.75. The largest absolute Gasteiger partial charge is 0.374 e. The molecule has 3 rings (SSSR count). The van der Waals surface area contributed by atoms with Gasteiger partial charge in [-0.25, -0.2) is 9.98 Å². The number of rotatable bonds is 6. The fraction of sp³-hybridized carbons (Fsp3) is 0.500. The zero-order chi connectivity index (χ0) is 18.4. The fourth-order valence-corrected chi connectivity index (χ4v) is 4.00. The van der Waals surface area contributed by atoms with Crippen LogP contribution in [-0.2, 0) is 25.9 Å². The third kappa shape index (κ3) is 4.75. The van der Waals surface area contributed by atoms with Crippen molar-refractivity contribution < 1.29 is 0 Å². The van der Waals surface area contributed by atoms with Gasteiger partial charge in [0.15, 0.2) is 5.96 Å². The molecule has 0 aliphatic carbocycles. The van der Waals surface area contributed by atoms with Crippen LogP contribution in [0, 0.1) is 0 Å². The van der Waals surface area contributed by atoms with Gasteiger partial charge in [0, 0.05) is 36.9 Å². The Balaban J connectivity index is 1.63. The van der Waals surface area contributed by atoms with E-state index in [1.807, 2.05) is 6.20 Å². The average molecular weight is 372 g/mol. The van der Waals surface area contributed by atoms with E-state index in [0.717, 1.165) is 30.5 Å². The quantitative estimate of drug-likeness (QED) is 0.604. The van der Waals surface area contributed by atoms with Crippen LogP contribution < -0.4 is 15.5 Å². The van der Waals surface area contributed by atoms with Crippen LogP contribution in [0.15, 0.2) is 29.4 Å². The van der Waals surface area contributed by atoms with Gasteiger partial charge in [-0.1, -0.05) is 19.1 Å². The maximum absolute atomic E-state index is 4.75. The molecular formula is C20H29N5S. The fourth-order valence-electron chi connectivity index (χ4n) is 3.20. The summed E-state index contributed by atoms with van der Waals surface area (Å²) in [5.74, 6) is 0.843. The summed E-state index contributed by atoms with van der Waals surface area (Å²) in [5.41, 5.74) is 4.07. The number of aryl methyl sites for hydroxylation is 2. The van der Waals surface area contributed by atoms with E-state index in [0.29, 0.717) is 13.1 Å². The number of aliphatic imine (C=N–C) groups is 1. The van der Waals surface area contributed by atoms with Crippen LogP contribution in [0.5, 0.6) is 0 Å². The lowest BCUT2D eigenvalue weighted by atomic mass is 10.00. The van der Waals surface area contributed by atoms with Crippen LogP contribution in [0.25, 0.3) is 0 Å². The molecule has 0 radical (unpaired) electrons. The zero-order valence-electron chi connectivity index (χ0n) is 16.0. The Hall–Kier alpha value is -2.08. The first-order valence-corrected chi connectivity index (χ1v) is 10.3. The standard InChI is InChI=1S/C20H29N5S/c1-4-17-13-22-19(26-17)14-24-20(21-5-2)23-12-15-8-9-18-16(11-15)7-6-10-25(18)3/h8-9,11,13H,4-7,10,12,14H2,1-3H3,(H2,21,23,24). The topological polar surface area (TPSA) is 52.6 Å². The molecule has 0 amide bonds. The number of guanidine groups is 1. The highest BCUT2D eigenvalue weighted by atomic mass is 32.1. The highest BCUT2D eigenvalue weighted by Crippen LogP contribution is 2.27. The molecule has 5 nitrogen and oxygen atoms in total. The van der Waals surface area contributed by atoms with Crippen molar-refractivity contribution in [3.63, 3.8) is 0 Å². The summed E-state index contributed by atoms with van der Waals surface area (Å²) in [6.07, 6.45) is 5.41. The number of nitrogens with one attached hydrogen (secondary N) is 2. The summed E-state index contributed by atoms with van der Waals surface area (Å²) in [5, 5.41) is 7.81. The highest BCUT2D eigenvalue weighted by Gasteiger charge is 2.13. The van der Waals surface area contributed by atoms with Gasteiger partial charge >= 0.3 is 0 Å². The summed E-state index contributed by atoms with van der Waals surface area (Å²) in [6.45, 7) is 7.64. The molecule has 1 aliphatic heterocycles. The van der Waals surface area contributed by atoms with Gasteiger partial charge in [-0.3, -0.25) is 0 Å². The predicted octanol–water partition coefficient (Wildman–Crippen LogP) is 3.34. The molecular weight excluding hydrogens is 342 g/mol. The lowest BCUT2D eigenvalue weighted by Crippen LogP contribution is -2.36. The monoisotopic (exact) mass is 371 g/mol. The number of hydrogen-bond acceptors (Lipinski definition) is 4. The molecule has 6 heteroatoms. The lowest BCUT2D eigenvalue weighted by molar-refractivity contribution is 0.742. The van der Waals surface area contributed by atoms with Crippen LogP contribution in [0.3, 0.4) is 0 Å². The third-order valence-corrected chi connectivity index (χ3v) is 5.76. The van der Waals surface area contributed by atoms with Gasteiger partial charge in [-0.15, -0.1) is 11.3 Å². The van der Waals surface area contributed by atoms with Crippen molar-refractivity contribution in [1.29, 1.82) is 0 Å². The molecule has 2 N–H and O–H groups in total. The van der Waals surface area contributed by atoms with Crippen LogP contribution in [0.2, 0.25) is 0 Å². The van der Waals surface area contributed by atoms with Crippen molar-refractivity contribution in [3.8, 4) is 0 Å². The van der Waals surface area contributed by atoms with Crippen LogP contribution in [0.4, 0.5) is 5.69 Å². The Morgan fingerprint density at radius 2 is 2.19 bits per heavy atom. The normalized spacial score (nSPS) is 14.3. The van der Waals surface area contributed by atoms with E-state index in [9.17, 15) is 0 Å². The molecule has 2 heterocycles. The molecule has 0 spiro atoms. The molecule has 1 aromatic carbocycles. The summed E-state index contributed by atoms with van der Waals surface area (Å²) in [7, 11) is 2.17. The van der Waals surface area contributed by atoms with Crippen molar-refractivity contribution in [3.05, 3.63) is 45.4 Å². The van der Waals surface area contributed by atoms with E-state index < -0.39 is 0 Å². The Bertz CT molecular complexity index is 752. The lowest BCUT2D eigenvalue weighted by Gasteiger charge is -2.27. The Labute approximate surface area is 160 Å². The first-order valence-electron chi connectivity index (χ1n) is 9.48. The average Bonchev–Trinajstić information content (AvgIpc) is 3.12. The van der Waals surface area contributed by atoms with E-state index in [-0.39, 0.29) is 0 Å². The second kappa shape index (κ2) is 9.03. The number of nitrogens with zero attached hydrogens (tertiary/aromatic N) is 3. The van der Waals surface area contributed by atoms with E-state index in [4.69, 9.17) is 4.99 Å². The minimum atomic E-state index is 0.685. The number of anilines is 1. The van der Waals surface area contributed by atoms with Crippen LogP contribution in [0.1, 0.15) is 41.3 Å². The van der Waals surface area contributed by atoms with Crippen molar-refractivity contribution in [1.82, 2.24) is 15.6 Å². The van der Waals surface area contributed by atoms with Gasteiger partial charge in [-0.2, -0.15) is 0 Å². The summed E-state index contributed by atoms with van der Waals surface area (Å²) in [6, 6.07) is 6.75.